The first-order chi connectivity index (χ1) is 11.1. The van der Waals surface area contributed by atoms with Gasteiger partial charge in [-0.05, 0) is 18.2 Å². The largest absolute Gasteiger partial charge is 0.482 e. The molecule has 0 aromatic heterocycles. The summed E-state index contributed by atoms with van der Waals surface area (Å²) in [6.45, 7) is -0.280. The first kappa shape index (κ1) is 16.4. The molecular formula is C15H12ClN3O4. The SMILES string of the molecule is O=C(COc1ccccc1Cl)NN=Cc1ccccc1[N+](=O)[O-]. The zero-order valence-electron chi connectivity index (χ0n) is 11.8. The Morgan fingerprint density at radius 3 is 2.70 bits per heavy atom. The highest BCUT2D eigenvalue weighted by atomic mass is 35.5. The van der Waals surface area contributed by atoms with Gasteiger partial charge in [0.15, 0.2) is 6.61 Å². The molecule has 0 spiro atoms. The van der Waals surface area contributed by atoms with E-state index < -0.39 is 10.8 Å². The third-order valence-electron chi connectivity index (χ3n) is 2.72. The quantitative estimate of drug-likeness (QED) is 0.499. The smallest absolute Gasteiger partial charge is 0.278 e. The number of hydrogen-bond donors (Lipinski definition) is 1. The maximum atomic E-state index is 11.6. The van der Waals surface area contributed by atoms with E-state index in [4.69, 9.17) is 16.3 Å². The van der Waals surface area contributed by atoms with Gasteiger partial charge in [0.25, 0.3) is 11.6 Å². The summed E-state index contributed by atoms with van der Waals surface area (Å²) in [5.74, 6) is -0.133. The van der Waals surface area contributed by atoms with Crippen molar-refractivity contribution in [3.63, 3.8) is 0 Å². The van der Waals surface area contributed by atoms with E-state index in [1.807, 2.05) is 0 Å². The second-order valence-electron chi connectivity index (χ2n) is 4.33. The van der Waals surface area contributed by atoms with E-state index in [-0.39, 0.29) is 17.9 Å². The molecule has 0 saturated heterocycles. The monoisotopic (exact) mass is 333 g/mol. The van der Waals surface area contributed by atoms with Crippen LogP contribution in [0.25, 0.3) is 0 Å². The number of nitrogens with zero attached hydrogens (tertiary/aromatic N) is 2. The highest BCUT2D eigenvalue weighted by molar-refractivity contribution is 6.32. The minimum Gasteiger partial charge on any atom is -0.482 e. The van der Waals surface area contributed by atoms with Crippen LogP contribution in [-0.4, -0.2) is 23.7 Å². The number of nitro groups is 1. The zero-order valence-corrected chi connectivity index (χ0v) is 12.6. The number of nitrogens with one attached hydrogen (secondary N) is 1. The number of para-hydroxylation sites is 2. The Morgan fingerprint density at radius 2 is 1.96 bits per heavy atom. The van der Waals surface area contributed by atoms with Gasteiger partial charge in [0.2, 0.25) is 0 Å². The lowest BCUT2D eigenvalue weighted by Crippen LogP contribution is -2.24. The number of hydrogen-bond acceptors (Lipinski definition) is 5. The number of rotatable bonds is 6. The van der Waals surface area contributed by atoms with Gasteiger partial charge in [-0.1, -0.05) is 35.9 Å². The molecule has 1 amide bonds. The van der Waals surface area contributed by atoms with Crippen LogP contribution >= 0.6 is 11.6 Å². The van der Waals surface area contributed by atoms with Crippen LogP contribution in [0.4, 0.5) is 5.69 Å². The second kappa shape index (κ2) is 7.90. The van der Waals surface area contributed by atoms with Crippen molar-refractivity contribution >= 4 is 29.4 Å². The Kier molecular flexibility index (Phi) is 5.65. The lowest BCUT2D eigenvalue weighted by Gasteiger charge is -2.06. The first-order valence-electron chi connectivity index (χ1n) is 6.50. The number of benzene rings is 2. The van der Waals surface area contributed by atoms with E-state index in [1.54, 1.807) is 36.4 Å². The topological polar surface area (TPSA) is 93.8 Å². The van der Waals surface area contributed by atoms with Gasteiger partial charge < -0.3 is 4.74 Å². The number of carbonyl (C=O) groups is 1. The van der Waals surface area contributed by atoms with Crippen LogP contribution in [0.15, 0.2) is 53.6 Å². The normalized spacial score (nSPS) is 10.5. The molecule has 0 atom stereocenters. The predicted octanol–water partition coefficient (Wildman–Crippen LogP) is 2.78. The van der Waals surface area contributed by atoms with E-state index in [0.29, 0.717) is 10.8 Å². The average Bonchev–Trinajstić information content (AvgIpc) is 2.54. The van der Waals surface area contributed by atoms with Gasteiger partial charge in [0.1, 0.15) is 5.75 Å². The van der Waals surface area contributed by atoms with Gasteiger partial charge in [-0.3, -0.25) is 14.9 Å². The summed E-state index contributed by atoms with van der Waals surface area (Å²) < 4.78 is 5.24. The van der Waals surface area contributed by atoms with Gasteiger partial charge in [-0.2, -0.15) is 5.10 Å². The lowest BCUT2D eigenvalue weighted by molar-refractivity contribution is -0.385. The summed E-state index contributed by atoms with van der Waals surface area (Å²) in [6.07, 6.45) is 1.20. The van der Waals surface area contributed by atoms with Crippen molar-refractivity contribution in [2.75, 3.05) is 6.61 Å². The first-order valence-corrected chi connectivity index (χ1v) is 6.88. The summed E-state index contributed by atoms with van der Waals surface area (Å²) in [6, 6.07) is 12.8. The fourth-order valence-corrected chi connectivity index (χ4v) is 1.86. The van der Waals surface area contributed by atoms with Crippen molar-refractivity contribution in [3.8, 4) is 5.75 Å². The van der Waals surface area contributed by atoms with Crippen molar-refractivity contribution in [2.24, 2.45) is 5.10 Å². The van der Waals surface area contributed by atoms with Crippen LogP contribution in [0.2, 0.25) is 5.02 Å². The number of carbonyl (C=O) groups excluding carboxylic acids is 1. The van der Waals surface area contributed by atoms with Crippen LogP contribution in [0.5, 0.6) is 5.75 Å². The number of ether oxygens (including phenoxy) is 1. The third-order valence-corrected chi connectivity index (χ3v) is 3.03. The fourth-order valence-electron chi connectivity index (χ4n) is 1.67. The molecule has 7 nitrogen and oxygen atoms in total. The molecular weight excluding hydrogens is 322 g/mol. The summed E-state index contributed by atoms with van der Waals surface area (Å²) >= 11 is 5.89. The van der Waals surface area contributed by atoms with Crippen LogP contribution < -0.4 is 10.2 Å². The molecule has 0 unspecified atom stereocenters. The molecule has 118 valence electrons. The number of nitro benzene ring substituents is 1. The molecule has 0 aliphatic heterocycles. The lowest BCUT2D eigenvalue weighted by atomic mass is 10.2. The van der Waals surface area contributed by atoms with E-state index in [9.17, 15) is 14.9 Å². The number of amides is 1. The van der Waals surface area contributed by atoms with E-state index in [1.165, 1.54) is 18.3 Å². The van der Waals surface area contributed by atoms with Crippen molar-refractivity contribution in [1.82, 2.24) is 5.43 Å². The molecule has 2 rings (SSSR count). The summed E-state index contributed by atoms with van der Waals surface area (Å²) in [4.78, 5) is 21.9. The number of halogens is 1. The molecule has 0 heterocycles. The van der Waals surface area contributed by atoms with Gasteiger partial charge in [-0.15, -0.1) is 0 Å². The fraction of sp³-hybridized carbons (Fsp3) is 0.0667. The highest BCUT2D eigenvalue weighted by Crippen LogP contribution is 2.22. The summed E-state index contributed by atoms with van der Waals surface area (Å²) in [5.41, 5.74) is 2.41. The minimum atomic E-state index is -0.524. The van der Waals surface area contributed by atoms with E-state index in [2.05, 4.69) is 10.5 Å². The van der Waals surface area contributed by atoms with Crippen LogP contribution in [0.3, 0.4) is 0 Å². The molecule has 0 aliphatic rings. The van der Waals surface area contributed by atoms with Crippen LogP contribution in [0, 0.1) is 10.1 Å². The highest BCUT2D eigenvalue weighted by Gasteiger charge is 2.10. The minimum absolute atomic E-state index is 0.0992. The molecule has 0 fully saturated rings. The van der Waals surface area contributed by atoms with Gasteiger partial charge in [0, 0.05) is 6.07 Å². The molecule has 8 heteroatoms. The molecule has 0 radical (unpaired) electrons. The second-order valence-corrected chi connectivity index (χ2v) is 4.74. The van der Waals surface area contributed by atoms with Crippen LogP contribution in [0.1, 0.15) is 5.56 Å². The molecule has 1 N–H and O–H groups in total. The van der Waals surface area contributed by atoms with E-state index >= 15 is 0 Å². The third kappa shape index (κ3) is 4.79. The predicted molar refractivity (Wildman–Crippen MR) is 85.8 cm³/mol. The Labute approximate surface area is 136 Å². The summed E-state index contributed by atoms with van der Waals surface area (Å²) in [5, 5.41) is 14.9. The Balaban J connectivity index is 1.90. The van der Waals surface area contributed by atoms with Crippen molar-refractivity contribution < 1.29 is 14.5 Å². The molecule has 0 saturated carbocycles. The molecule has 2 aromatic carbocycles. The van der Waals surface area contributed by atoms with Crippen molar-refractivity contribution in [1.29, 1.82) is 0 Å². The van der Waals surface area contributed by atoms with E-state index in [0.717, 1.165) is 0 Å². The average molecular weight is 334 g/mol. The van der Waals surface area contributed by atoms with Crippen molar-refractivity contribution in [2.45, 2.75) is 0 Å². The van der Waals surface area contributed by atoms with Crippen LogP contribution in [-0.2, 0) is 4.79 Å². The maximum absolute atomic E-state index is 11.6. The Morgan fingerprint density at radius 1 is 1.26 bits per heavy atom. The van der Waals surface area contributed by atoms with Gasteiger partial charge >= 0.3 is 0 Å². The summed E-state index contributed by atoms with van der Waals surface area (Å²) in [7, 11) is 0. The van der Waals surface area contributed by atoms with Gasteiger partial charge in [-0.25, -0.2) is 5.43 Å². The maximum Gasteiger partial charge on any atom is 0.278 e. The standard InChI is InChI=1S/C15H12ClN3O4/c16-12-6-2-4-8-14(12)23-10-15(20)18-17-9-11-5-1-3-7-13(11)19(21)22/h1-9H,10H2,(H,18,20). The molecule has 0 bridgehead atoms. The molecule has 23 heavy (non-hydrogen) atoms. The molecule has 2 aromatic rings. The number of hydrazone groups is 1. The Hall–Kier alpha value is -2.93. The van der Waals surface area contributed by atoms with Gasteiger partial charge in [0.05, 0.1) is 21.7 Å². The molecule has 0 aliphatic carbocycles. The zero-order chi connectivity index (χ0) is 16.7. The van der Waals surface area contributed by atoms with Crippen molar-refractivity contribution in [3.05, 3.63) is 69.2 Å². The Bertz CT molecular complexity index is 749.